The first-order chi connectivity index (χ1) is 12.9. The maximum absolute atomic E-state index is 12.9. The van der Waals surface area contributed by atoms with Gasteiger partial charge < -0.3 is 15.0 Å². The van der Waals surface area contributed by atoms with Crippen LogP contribution in [0.4, 0.5) is 0 Å². The van der Waals surface area contributed by atoms with Crippen molar-refractivity contribution in [2.24, 2.45) is 0 Å². The highest BCUT2D eigenvalue weighted by molar-refractivity contribution is 5.79. The van der Waals surface area contributed by atoms with Crippen molar-refractivity contribution in [3.63, 3.8) is 0 Å². The molecule has 1 aliphatic rings. The molecule has 1 aromatic carbocycles. The smallest absolute Gasteiger partial charge is 0.254 e. The van der Waals surface area contributed by atoms with E-state index < -0.39 is 0 Å². The molecule has 6 nitrogen and oxygen atoms in total. The fraction of sp³-hybridized carbons (Fsp3) is 0.476. The predicted molar refractivity (Wildman–Crippen MR) is 104 cm³/mol. The van der Waals surface area contributed by atoms with Crippen LogP contribution in [-0.2, 0) is 17.6 Å². The van der Waals surface area contributed by atoms with E-state index in [4.69, 9.17) is 0 Å². The van der Waals surface area contributed by atoms with Crippen LogP contribution in [0.1, 0.15) is 48.3 Å². The van der Waals surface area contributed by atoms with Crippen molar-refractivity contribution in [3.05, 3.63) is 57.3 Å². The third-order valence-electron chi connectivity index (χ3n) is 5.32. The van der Waals surface area contributed by atoms with E-state index in [0.717, 1.165) is 44.2 Å². The minimum absolute atomic E-state index is 0.00431. The number of nitrogens with zero attached hydrogens (tertiary/aromatic N) is 2. The van der Waals surface area contributed by atoms with Crippen LogP contribution in [0, 0.1) is 13.8 Å². The number of benzene rings is 1. The molecule has 27 heavy (non-hydrogen) atoms. The standard InChI is InChI=1S/C21H27N3O3/c1-14-19(21(27)23-15(2)22-14)13-20(26)24-12-4-3-5-17(24)9-6-16-7-10-18(25)11-8-16/h7-8,10-11,17,25H,3-6,9,12-13H2,1-2H3,(H,22,23,27). The number of aromatic nitrogens is 2. The van der Waals surface area contributed by atoms with E-state index in [1.165, 1.54) is 0 Å². The second-order valence-electron chi connectivity index (χ2n) is 7.33. The Kier molecular flexibility index (Phi) is 5.94. The molecule has 1 saturated heterocycles. The first-order valence-electron chi connectivity index (χ1n) is 9.58. The summed E-state index contributed by atoms with van der Waals surface area (Å²) >= 11 is 0. The molecule has 1 aliphatic heterocycles. The molecule has 0 radical (unpaired) electrons. The van der Waals surface area contributed by atoms with Crippen molar-refractivity contribution >= 4 is 5.91 Å². The summed E-state index contributed by atoms with van der Waals surface area (Å²) in [5, 5.41) is 9.40. The van der Waals surface area contributed by atoms with E-state index in [1.807, 2.05) is 17.0 Å². The summed E-state index contributed by atoms with van der Waals surface area (Å²) in [4.78, 5) is 34.1. The van der Waals surface area contributed by atoms with E-state index in [-0.39, 0.29) is 29.7 Å². The Morgan fingerprint density at radius 3 is 2.70 bits per heavy atom. The molecular formula is C21H27N3O3. The number of amides is 1. The van der Waals surface area contributed by atoms with Crippen LogP contribution >= 0.6 is 0 Å². The van der Waals surface area contributed by atoms with Gasteiger partial charge in [-0.3, -0.25) is 9.59 Å². The first-order valence-corrected chi connectivity index (χ1v) is 9.58. The summed E-state index contributed by atoms with van der Waals surface area (Å²) in [5.74, 6) is 0.837. The van der Waals surface area contributed by atoms with Gasteiger partial charge in [-0.05, 0) is 63.6 Å². The number of aryl methyl sites for hydroxylation is 3. The van der Waals surface area contributed by atoms with Gasteiger partial charge >= 0.3 is 0 Å². The molecule has 144 valence electrons. The lowest BCUT2D eigenvalue weighted by molar-refractivity contribution is -0.134. The number of aromatic amines is 1. The van der Waals surface area contributed by atoms with Gasteiger partial charge in [0.25, 0.3) is 5.56 Å². The van der Waals surface area contributed by atoms with Crippen LogP contribution in [0.3, 0.4) is 0 Å². The number of H-pyrrole nitrogens is 1. The van der Waals surface area contributed by atoms with Crippen molar-refractivity contribution in [2.75, 3.05) is 6.54 Å². The van der Waals surface area contributed by atoms with Crippen LogP contribution in [0.15, 0.2) is 29.1 Å². The highest BCUT2D eigenvalue weighted by Crippen LogP contribution is 2.23. The van der Waals surface area contributed by atoms with Gasteiger partial charge in [0.05, 0.1) is 6.42 Å². The van der Waals surface area contributed by atoms with Crippen LogP contribution in [0.5, 0.6) is 5.75 Å². The minimum atomic E-state index is -0.217. The molecule has 1 fully saturated rings. The average Bonchev–Trinajstić information content (AvgIpc) is 2.64. The van der Waals surface area contributed by atoms with Crippen LogP contribution in [0.2, 0.25) is 0 Å². The predicted octanol–water partition coefficient (Wildman–Crippen LogP) is 2.65. The van der Waals surface area contributed by atoms with Crippen LogP contribution in [-0.4, -0.2) is 38.5 Å². The molecular weight excluding hydrogens is 342 g/mol. The molecule has 2 N–H and O–H groups in total. The molecule has 1 atom stereocenters. The Bertz CT molecular complexity index is 858. The number of carbonyl (C=O) groups is 1. The van der Waals surface area contributed by atoms with Crippen molar-refractivity contribution in [1.29, 1.82) is 0 Å². The number of hydrogen-bond donors (Lipinski definition) is 2. The summed E-state index contributed by atoms with van der Waals surface area (Å²) in [6.07, 6.45) is 4.96. The Morgan fingerprint density at radius 2 is 2.00 bits per heavy atom. The van der Waals surface area contributed by atoms with E-state index in [2.05, 4.69) is 9.97 Å². The normalized spacial score (nSPS) is 17.1. The fourth-order valence-electron chi connectivity index (χ4n) is 3.84. The van der Waals surface area contributed by atoms with Gasteiger partial charge in [-0.15, -0.1) is 0 Å². The largest absolute Gasteiger partial charge is 0.508 e. The summed E-state index contributed by atoms with van der Waals surface area (Å²) in [7, 11) is 0. The zero-order chi connectivity index (χ0) is 19.4. The van der Waals surface area contributed by atoms with E-state index in [9.17, 15) is 14.7 Å². The molecule has 0 spiro atoms. The maximum atomic E-state index is 12.9. The molecule has 2 aromatic rings. The molecule has 6 heteroatoms. The second kappa shape index (κ2) is 8.37. The van der Waals surface area contributed by atoms with Crippen molar-refractivity contribution < 1.29 is 9.90 Å². The van der Waals surface area contributed by atoms with Gasteiger partial charge in [-0.1, -0.05) is 12.1 Å². The number of rotatable bonds is 5. The van der Waals surface area contributed by atoms with Crippen molar-refractivity contribution in [3.8, 4) is 5.75 Å². The van der Waals surface area contributed by atoms with Gasteiger partial charge in [-0.2, -0.15) is 0 Å². The Balaban J connectivity index is 1.68. The second-order valence-corrected chi connectivity index (χ2v) is 7.33. The Morgan fingerprint density at radius 1 is 1.26 bits per heavy atom. The van der Waals surface area contributed by atoms with Gasteiger partial charge in [0.2, 0.25) is 5.91 Å². The highest BCUT2D eigenvalue weighted by atomic mass is 16.3. The Labute approximate surface area is 159 Å². The lowest BCUT2D eigenvalue weighted by Gasteiger charge is -2.36. The molecule has 0 saturated carbocycles. The zero-order valence-electron chi connectivity index (χ0n) is 16.0. The van der Waals surface area contributed by atoms with Gasteiger partial charge in [0.1, 0.15) is 11.6 Å². The molecule has 2 heterocycles. The summed E-state index contributed by atoms with van der Waals surface area (Å²) < 4.78 is 0. The SMILES string of the molecule is Cc1nc(C)c(CC(=O)N2CCCCC2CCc2ccc(O)cc2)c(=O)[nH]1. The summed E-state index contributed by atoms with van der Waals surface area (Å²) in [5.41, 5.74) is 2.03. The topological polar surface area (TPSA) is 86.3 Å². The monoisotopic (exact) mass is 369 g/mol. The number of phenolic OH excluding ortho intramolecular Hbond substituents is 1. The van der Waals surface area contributed by atoms with Crippen LogP contribution in [0.25, 0.3) is 0 Å². The lowest BCUT2D eigenvalue weighted by atomic mass is 9.95. The van der Waals surface area contributed by atoms with E-state index >= 15 is 0 Å². The van der Waals surface area contributed by atoms with E-state index in [0.29, 0.717) is 17.1 Å². The first kappa shape index (κ1) is 19.1. The third kappa shape index (κ3) is 4.76. The van der Waals surface area contributed by atoms with Gasteiger partial charge in [-0.25, -0.2) is 4.98 Å². The van der Waals surface area contributed by atoms with Crippen molar-refractivity contribution in [2.45, 2.75) is 58.4 Å². The average molecular weight is 369 g/mol. The number of aromatic hydroxyl groups is 1. The van der Waals surface area contributed by atoms with Crippen molar-refractivity contribution in [1.82, 2.24) is 14.9 Å². The Hall–Kier alpha value is -2.63. The van der Waals surface area contributed by atoms with Crippen LogP contribution < -0.4 is 5.56 Å². The number of phenols is 1. The highest BCUT2D eigenvalue weighted by Gasteiger charge is 2.27. The minimum Gasteiger partial charge on any atom is -0.508 e. The maximum Gasteiger partial charge on any atom is 0.254 e. The summed E-state index contributed by atoms with van der Waals surface area (Å²) in [6, 6.07) is 7.42. The number of carbonyl (C=O) groups excluding carboxylic acids is 1. The molecule has 0 bridgehead atoms. The van der Waals surface area contributed by atoms with E-state index in [1.54, 1.807) is 26.0 Å². The number of likely N-dealkylation sites (tertiary alicyclic amines) is 1. The third-order valence-corrected chi connectivity index (χ3v) is 5.32. The fourth-order valence-corrected chi connectivity index (χ4v) is 3.84. The molecule has 1 aromatic heterocycles. The molecule has 1 amide bonds. The number of piperidine rings is 1. The zero-order valence-corrected chi connectivity index (χ0v) is 16.0. The summed E-state index contributed by atoms with van der Waals surface area (Å²) in [6.45, 7) is 4.27. The molecule has 0 aliphatic carbocycles. The molecule has 1 unspecified atom stereocenters. The number of hydrogen-bond acceptors (Lipinski definition) is 4. The van der Waals surface area contributed by atoms with Gasteiger partial charge in [0, 0.05) is 23.8 Å². The lowest BCUT2D eigenvalue weighted by Crippen LogP contribution is -2.45. The number of nitrogens with one attached hydrogen (secondary N) is 1. The quantitative estimate of drug-likeness (QED) is 0.848. The van der Waals surface area contributed by atoms with Gasteiger partial charge in [0.15, 0.2) is 0 Å². The molecule has 3 rings (SSSR count).